The molecule has 0 spiro atoms. The summed E-state index contributed by atoms with van der Waals surface area (Å²) in [6.07, 6.45) is 2.77. The maximum absolute atomic E-state index is 10.5. The van der Waals surface area contributed by atoms with E-state index >= 15 is 0 Å². The van der Waals surface area contributed by atoms with E-state index in [0.717, 1.165) is 58.1 Å². The summed E-state index contributed by atoms with van der Waals surface area (Å²) in [5.41, 5.74) is 0. The van der Waals surface area contributed by atoms with E-state index in [0.29, 0.717) is 11.7 Å². The van der Waals surface area contributed by atoms with Crippen LogP contribution in [0.25, 0.3) is 0 Å². The lowest BCUT2D eigenvalue weighted by molar-refractivity contribution is 0.111. The monoisotopic (exact) mass is 324 g/mol. The Balaban J connectivity index is 2.28. The van der Waals surface area contributed by atoms with Gasteiger partial charge in [0, 0.05) is 32.2 Å². The highest BCUT2D eigenvalue weighted by Gasteiger charge is 2.27. The maximum atomic E-state index is 10.5. The topological polar surface area (TPSA) is 63.4 Å². The van der Waals surface area contributed by atoms with Crippen LogP contribution in [0.1, 0.15) is 58.9 Å². The largest absolute Gasteiger partial charge is 0.385 e. The van der Waals surface area contributed by atoms with Crippen LogP contribution in [0.15, 0.2) is 0 Å². The zero-order valence-corrected chi connectivity index (χ0v) is 15.0. The van der Waals surface area contributed by atoms with Gasteiger partial charge in [-0.25, -0.2) is 0 Å². The van der Waals surface area contributed by atoms with Crippen LogP contribution < -0.4 is 4.90 Å². The van der Waals surface area contributed by atoms with Crippen molar-refractivity contribution in [3.8, 4) is 0 Å². The average Bonchev–Trinajstić information content (AvgIpc) is 3.18. The fourth-order valence-electron chi connectivity index (χ4n) is 2.97. The Morgan fingerprint density at radius 1 is 1.35 bits per heavy atom. The molecule has 0 amide bonds. The van der Waals surface area contributed by atoms with Gasteiger partial charge in [-0.2, -0.15) is 0 Å². The van der Waals surface area contributed by atoms with Gasteiger partial charge in [0.2, 0.25) is 5.95 Å². The van der Waals surface area contributed by atoms with E-state index in [1.165, 1.54) is 0 Å². The number of aromatic nitrogens is 3. The molecule has 1 aromatic heterocycles. The van der Waals surface area contributed by atoms with Gasteiger partial charge >= 0.3 is 0 Å². The molecule has 1 N–H and O–H groups in total. The molecule has 2 rings (SSSR count). The van der Waals surface area contributed by atoms with Crippen molar-refractivity contribution >= 4 is 5.95 Å². The number of hydrogen-bond donors (Lipinski definition) is 1. The van der Waals surface area contributed by atoms with Crippen LogP contribution in [0.5, 0.6) is 0 Å². The molecule has 0 radical (unpaired) electrons. The first-order chi connectivity index (χ1) is 11.1. The Morgan fingerprint density at radius 2 is 2.13 bits per heavy atom. The lowest BCUT2D eigenvalue weighted by atomic mass is 10.1. The molecule has 23 heavy (non-hydrogen) atoms. The van der Waals surface area contributed by atoms with Crippen molar-refractivity contribution in [3.05, 3.63) is 5.82 Å². The predicted octanol–water partition coefficient (Wildman–Crippen LogP) is 2.63. The standard InChI is InChI=1S/C17H32N4O2/c1-5-7-9-20(6-2)17-19-18-16(15(22)13(3)4)21(17)11-14-8-10-23-12-14/h13-15,22H,5-12H2,1-4H3. The van der Waals surface area contributed by atoms with Crippen molar-refractivity contribution in [2.75, 3.05) is 31.2 Å². The molecule has 0 aromatic carbocycles. The summed E-state index contributed by atoms with van der Waals surface area (Å²) < 4.78 is 7.64. The van der Waals surface area contributed by atoms with Crippen LogP contribution >= 0.6 is 0 Å². The number of aliphatic hydroxyl groups is 1. The van der Waals surface area contributed by atoms with E-state index in [9.17, 15) is 5.11 Å². The molecular weight excluding hydrogens is 292 g/mol. The molecule has 0 aliphatic carbocycles. The highest BCUT2D eigenvalue weighted by molar-refractivity contribution is 5.31. The molecule has 6 nitrogen and oxygen atoms in total. The highest BCUT2D eigenvalue weighted by atomic mass is 16.5. The normalized spacial score (nSPS) is 19.5. The van der Waals surface area contributed by atoms with Crippen LogP contribution in [0.4, 0.5) is 5.95 Å². The van der Waals surface area contributed by atoms with Crippen LogP contribution in [-0.4, -0.2) is 46.2 Å². The van der Waals surface area contributed by atoms with Gasteiger partial charge in [-0.1, -0.05) is 27.2 Å². The molecule has 2 heterocycles. The molecule has 1 aliphatic heterocycles. The number of hydrogen-bond acceptors (Lipinski definition) is 5. The van der Waals surface area contributed by atoms with E-state index < -0.39 is 6.10 Å². The highest BCUT2D eigenvalue weighted by Crippen LogP contribution is 2.27. The van der Waals surface area contributed by atoms with Crippen molar-refractivity contribution in [2.45, 2.75) is 59.6 Å². The maximum Gasteiger partial charge on any atom is 0.227 e. The minimum Gasteiger partial charge on any atom is -0.385 e. The van der Waals surface area contributed by atoms with Crippen LogP contribution in [0.3, 0.4) is 0 Å². The Morgan fingerprint density at radius 3 is 2.70 bits per heavy atom. The summed E-state index contributed by atoms with van der Waals surface area (Å²) in [6, 6.07) is 0. The van der Waals surface area contributed by atoms with Gasteiger partial charge in [0.25, 0.3) is 0 Å². The second-order valence-electron chi connectivity index (χ2n) is 6.82. The number of anilines is 1. The molecule has 1 aliphatic rings. The lowest BCUT2D eigenvalue weighted by Gasteiger charge is -2.25. The Kier molecular flexibility index (Phi) is 6.84. The summed E-state index contributed by atoms with van der Waals surface area (Å²) in [5.74, 6) is 2.18. The van der Waals surface area contributed by atoms with Crippen LogP contribution in [0.2, 0.25) is 0 Å². The van der Waals surface area contributed by atoms with Gasteiger partial charge in [-0.15, -0.1) is 10.2 Å². The third kappa shape index (κ3) is 4.44. The molecule has 0 saturated carbocycles. The second-order valence-corrected chi connectivity index (χ2v) is 6.82. The summed E-state index contributed by atoms with van der Waals surface area (Å²) >= 11 is 0. The minimum absolute atomic E-state index is 0.122. The molecule has 1 saturated heterocycles. The summed E-state index contributed by atoms with van der Waals surface area (Å²) in [4.78, 5) is 2.27. The van der Waals surface area contributed by atoms with Gasteiger partial charge in [0.15, 0.2) is 5.82 Å². The van der Waals surface area contributed by atoms with E-state index in [4.69, 9.17) is 4.74 Å². The van der Waals surface area contributed by atoms with Gasteiger partial charge in [-0.3, -0.25) is 4.57 Å². The van der Waals surface area contributed by atoms with E-state index in [2.05, 4.69) is 33.5 Å². The van der Waals surface area contributed by atoms with Gasteiger partial charge < -0.3 is 14.7 Å². The van der Waals surface area contributed by atoms with Crippen LogP contribution in [-0.2, 0) is 11.3 Å². The Hall–Kier alpha value is -1.14. The van der Waals surface area contributed by atoms with E-state index in [1.807, 2.05) is 13.8 Å². The van der Waals surface area contributed by atoms with Crippen molar-refractivity contribution in [2.24, 2.45) is 11.8 Å². The third-order valence-corrected chi connectivity index (χ3v) is 4.57. The molecule has 2 unspecified atom stereocenters. The SMILES string of the molecule is CCCCN(CC)c1nnc(C(O)C(C)C)n1CC1CCOC1. The molecule has 132 valence electrons. The quantitative estimate of drug-likeness (QED) is 0.756. The van der Waals surface area contributed by atoms with Crippen molar-refractivity contribution in [1.29, 1.82) is 0 Å². The third-order valence-electron chi connectivity index (χ3n) is 4.57. The zero-order chi connectivity index (χ0) is 16.8. The predicted molar refractivity (Wildman–Crippen MR) is 91.5 cm³/mol. The summed E-state index contributed by atoms with van der Waals surface area (Å²) in [6.45, 7) is 12.7. The molecule has 2 atom stereocenters. The second kappa shape index (κ2) is 8.64. The zero-order valence-electron chi connectivity index (χ0n) is 15.0. The number of nitrogens with zero attached hydrogens (tertiary/aromatic N) is 4. The fourth-order valence-corrected chi connectivity index (χ4v) is 2.97. The summed E-state index contributed by atoms with van der Waals surface area (Å²) in [7, 11) is 0. The van der Waals surface area contributed by atoms with Gasteiger partial charge in [0.1, 0.15) is 6.10 Å². The minimum atomic E-state index is -0.580. The molecule has 6 heteroatoms. The number of aliphatic hydroxyl groups excluding tert-OH is 1. The van der Waals surface area contributed by atoms with Crippen LogP contribution in [0, 0.1) is 11.8 Å². The smallest absolute Gasteiger partial charge is 0.227 e. The fraction of sp³-hybridized carbons (Fsp3) is 0.882. The Labute approximate surface area is 139 Å². The molecular formula is C17H32N4O2. The number of ether oxygens (including phenoxy) is 1. The molecule has 1 fully saturated rings. The molecule has 0 bridgehead atoms. The molecule has 1 aromatic rings. The van der Waals surface area contributed by atoms with E-state index in [-0.39, 0.29) is 5.92 Å². The number of unbranched alkanes of at least 4 members (excludes halogenated alkanes) is 1. The van der Waals surface area contributed by atoms with E-state index in [1.54, 1.807) is 0 Å². The summed E-state index contributed by atoms with van der Waals surface area (Å²) in [5, 5.41) is 19.3. The van der Waals surface area contributed by atoms with Gasteiger partial charge in [-0.05, 0) is 25.7 Å². The first kappa shape index (κ1) is 18.2. The number of rotatable bonds is 9. The first-order valence-electron chi connectivity index (χ1n) is 9.02. The lowest BCUT2D eigenvalue weighted by Crippen LogP contribution is -2.29. The Bertz CT molecular complexity index is 469. The average molecular weight is 324 g/mol. The van der Waals surface area contributed by atoms with Gasteiger partial charge in [0.05, 0.1) is 6.61 Å². The first-order valence-corrected chi connectivity index (χ1v) is 9.02. The van der Waals surface area contributed by atoms with Crippen molar-refractivity contribution in [1.82, 2.24) is 14.8 Å². The van der Waals surface area contributed by atoms with Crippen molar-refractivity contribution in [3.63, 3.8) is 0 Å². The van der Waals surface area contributed by atoms with Crippen molar-refractivity contribution < 1.29 is 9.84 Å².